The van der Waals surface area contributed by atoms with Gasteiger partial charge in [-0.15, -0.1) is 0 Å². The Kier molecular flexibility index (Phi) is 8.71. The lowest BCUT2D eigenvalue weighted by molar-refractivity contribution is 0.586. The Balaban J connectivity index is 1.15. The Hall–Kier alpha value is -8.29. The molecule has 7 heteroatoms. The third-order valence-corrected chi connectivity index (χ3v) is 12.0. The highest BCUT2D eigenvalue weighted by molar-refractivity contribution is 6.24. The molecule has 1 atom stereocenters. The fourth-order valence-electron chi connectivity index (χ4n) is 9.00. The van der Waals surface area contributed by atoms with Gasteiger partial charge in [-0.3, -0.25) is 0 Å². The third-order valence-electron chi connectivity index (χ3n) is 12.0. The topological polar surface area (TPSA) is 82.5 Å². The maximum absolute atomic E-state index is 6.92. The maximum atomic E-state index is 6.92. The first-order valence-electron chi connectivity index (χ1n) is 21.3. The van der Waals surface area contributed by atoms with E-state index in [4.69, 9.17) is 29.3 Å². The summed E-state index contributed by atoms with van der Waals surface area (Å²) in [4.78, 5) is 26.0. The molecule has 4 aromatic heterocycles. The van der Waals surface area contributed by atoms with Crippen LogP contribution < -0.4 is 0 Å². The number of hydrogen-bond donors (Lipinski definition) is 0. The van der Waals surface area contributed by atoms with Crippen LogP contribution in [0.5, 0.6) is 0 Å². The van der Waals surface area contributed by atoms with Crippen LogP contribution in [0.15, 0.2) is 192 Å². The van der Waals surface area contributed by atoms with E-state index in [0.29, 0.717) is 29.2 Å². The molecule has 0 radical (unpaired) electrons. The molecule has 63 heavy (non-hydrogen) atoms. The fraction of sp³-hybridized carbons (Fsp3) is 0.0536. The predicted octanol–water partition coefficient (Wildman–Crippen LogP) is 13.7. The van der Waals surface area contributed by atoms with Crippen LogP contribution in [-0.4, -0.2) is 29.5 Å². The predicted molar refractivity (Wildman–Crippen MR) is 254 cm³/mol. The maximum Gasteiger partial charge on any atom is 0.166 e. The van der Waals surface area contributed by atoms with Crippen molar-refractivity contribution >= 4 is 38.9 Å². The highest BCUT2D eigenvalue weighted by atomic mass is 16.3. The zero-order chi connectivity index (χ0) is 41.9. The van der Waals surface area contributed by atoms with E-state index in [1.54, 1.807) is 0 Å². The van der Waals surface area contributed by atoms with Crippen LogP contribution in [0.4, 0.5) is 0 Å². The van der Waals surface area contributed by atoms with E-state index in [-0.39, 0.29) is 0 Å². The molecular weight excluding hydrogens is 773 g/mol. The van der Waals surface area contributed by atoms with Crippen molar-refractivity contribution in [3.63, 3.8) is 0 Å². The zero-order valence-electron chi connectivity index (χ0n) is 34.4. The standard InChI is InChI=1S/C56H38N6O/c1-35-29-30-49-43(31-35)44-33-45(56-60-54(38-21-10-4-11-22-38)59-55(61-56)39-23-12-5-13-24-39)51-50(52(44)63-49)42-27-14-15-28-48(42)62(51)41-26-16-25-40(32-41)47-34-46(36-17-6-2-7-18-36)57-53(58-47)37-19-8-3-9-20-37/h2-30,32-35H,31H2,1H3. The minimum absolute atomic E-state index is 0.375. The summed E-state index contributed by atoms with van der Waals surface area (Å²) in [5.74, 6) is 3.74. The first-order chi connectivity index (χ1) is 31.1. The van der Waals surface area contributed by atoms with Gasteiger partial charge in [-0.2, -0.15) is 0 Å². The van der Waals surface area contributed by atoms with E-state index in [9.17, 15) is 0 Å². The van der Waals surface area contributed by atoms with Gasteiger partial charge in [0.1, 0.15) is 11.3 Å². The highest BCUT2D eigenvalue weighted by Gasteiger charge is 2.28. The van der Waals surface area contributed by atoms with Crippen LogP contribution in [0.3, 0.4) is 0 Å². The third kappa shape index (κ3) is 6.41. The first-order valence-corrected chi connectivity index (χ1v) is 21.3. The molecule has 0 spiro atoms. The van der Waals surface area contributed by atoms with Crippen molar-refractivity contribution < 1.29 is 4.42 Å². The second-order valence-electron chi connectivity index (χ2n) is 16.1. The molecule has 0 bridgehead atoms. The Bertz CT molecular complexity index is 3430. The Morgan fingerprint density at radius 3 is 1.68 bits per heavy atom. The Morgan fingerprint density at radius 1 is 0.492 bits per heavy atom. The van der Waals surface area contributed by atoms with E-state index in [2.05, 4.69) is 133 Å². The zero-order valence-corrected chi connectivity index (χ0v) is 34.4. The van der Waals surface area contributed by atoms with E-state index < -0.39 is 0 Å². The molecule has 0 saturated heterocycles. The lowest BCUT2D eigenvalue weighted by Gasteiger charge is -2.15. The largest absolute Gasteiger partial charge is 0.456 e. The number of aromatic nitrogens is 6. The van der Waals surface area contributed by atoms with Crippen LogP contribution in [0.25, 0.3) is 113 Å². The van der Waals surface area contributed by atoms with Crippen molar-refractivity contribution in [3.05, 3.63) is 199 Å². The van der Waals surface area contributed by atoms with Crippen molar-refractivity contribution in [2.75, 3.05) is 0 Å². The number of rotatable bonds is 7. The number of benzene rings is 7. The number of nitrogens with zero attached hydrogens (tertiary/aromatic N) is 6. The number of para-hydroxylation sites is 1. The van der Waals surface area contributed by atoms with Gasteiger partial charge in [0.15, 0.2) is 23.3 Å². The van der Waals surface area contributed by atoms with Gasteiger partial charge in [0.05, 0.1) is 27.8 Å². The average molecular weight is 811 g/mol. The number of hydrogen-bond acceptors (Lipinski definition) is 6. The van der Waals surface area contributed by atoms with Crippen molar-refractivity contribution in [3.8, 4) is 73.8 Å². The normalized spacial score (nSPS) is 13.5. The molecule has 4 heterocycles. The Labute approximate surface area is 363 Å². The molecule has 0 amide bonds. The molecule has 7 nitrogen and oxygen atoms in total. The van der Waals surface area contributed by atoms with Crippen molar-refractivity contribution in [1.82, 2.24) is 29.5 Å². The minimum atomic E-state index is 0.375. The number of fused-ring (bicyclic) bond motifs is 7. The second-order valence-corrected chi connectivity index (χ2v) is 16.1. The van der Waals surface area contributed by atoms with E-state index >= 15 is 0 Å². The summed E-state index contributed by atoms with van der Waals surface area (Å²) in [6, 6.07) is 62.3. The summed E-state index contributed by atoms with van der Waals surface area (Å²) in [6.07, 6.45) is 5.25. The molecule has 0 aliphatic heterocycles. The van der Waals surface area contributed by atoms with Gasteiger partial charge < -0.3 is 8.98 Å². The summed E-state index contributed by atoms with van der Waals surface area (Å²) in [5.41, 5.74) is 12.4. The molecule has 0 saturated carbocycles. The summed E-state index contributed by atoms with van der Waals surface area (Å²) in [5, 5.41) is 3.17. The molecule has 1 aliphatic carbocycles. The van der Waals surface area contributed by atoms with Crippen LogP contribution >= 0.6 is 0 Å². The lowest BCUT2D eigenvalue weighted by Crippen LogP contribution is -2.03. The van der Waals surface area contributed by atoms with Crippen molar-refractivity contribution in [1.29, 1.82) is 0 Å². The van der Waals surface area contributed by atoms with Gasteiger partial charge in [-0.05, 0) is 48.7 Å². The van der Waals surface area contributed by atoms with E-state index in [0.717, 1.165) is 95.4 Å². The Morgan fingerprint density at radius 2 is 1.03 bits per heavy atom. The number of allylic oxidation sites excluding steroid dienone is 1. The minimum Gasteiger partial charge on any atom is -0.456 e. The van der Waals surface area contributed by atoms with Gasteiger partial charge in [-0.25, -0.2) is 24.9 Å². The summed E-state index contributed by atoms with van der Waals surface area (Å²) in [7, 11) is 0. The molecule has 1 unspecified atom stereocenters. The van der Waals surface area contributed by atoms with Gasteiger partial charge in [0.2, 0.25) is 0 Å². The van der Waals surface area contributed by atoms with Crippen molar-refractivity contribution in [2.24, 2.45) is 5.92 Å². The molecule has 0 N–H and O–H groups in total. The quantitative estimate of drug-likeness (QED) is 0.159. The van der Waals surface area contributed by atoms with Gasteiger partial charge in [0.25, 0.3) is 0 Å². The lowest BCUT2D eigenvalue weighted by atomic mass is 9.92. The molecule has 11 aromatic rings. The molecule has 1 aliphatic rings. The van der Waals surface area contributed by atoms with Gasteiger partial charge in [0, 0.05) is 55.4 Å². The van der Waals surface area contributed by atoms with Gasteiger partial charge in [-0.1, -0.05) is 165 Å². The molecule has 7 aromatic carbocycles. The SMILES string of the molecule is CC1C=Cc2oc3c(cc(-c4nc(-c5ccccc5)nc(-c5ccccc5)n4)c4c3c3ccccc3n4-c3cccc(-c4cc(-c5ccccc5)nc(-c5ccccc5)n4)c3)c2C1. The van der Waals surface area contributed by atoms with Crippen LogP contribution in [0.1, 0.15) is 18.2 Å². The number of furan rings is 1. The van der Waals surface area contributed by atoms with E-state index in [1.807, 2.05) is 72.8 Å². The smallest absolute Gasteiger partial charge is 0.166 e. The summed E-state index contributed by atoms with van der Waals surface area (Å²) in [6.45, 7) is 2.25. The van der Waals surface area contributed by atoms with Crippen molar-refractivity contribution in [2.45, 2.75) is 13.3 Å². The van der Waals surface area contributed by atoms with E-state index in [1.165, 1.54) is 5.56 Å². The van der Waals surface area contributed by atoms with Crippen LogP contribution in [0.2, 0.25) is 0 Å². The molecular formula is C56H38N6O. The molecule has 12 rings (SSSR count). The summed E-state index contributed by atoms with van der Waals surface area (Å²) < 4.78 is 9.26. The second kappa shape index (κ2) is 15.0. The van der Waals surface area contributed by atoms with Gasteiger partial charge >= 0.3 is 0 Å². The monoisotopic (exact) mass is 810 g/mol. The highest BCUT2D eigenvalue weighted by Crippen LogP contribution is 2.46. The summed E-state index contributed by atoms with van der Waals surface area (Å²) >= 11 is 0. The van der Waals surface area contributed by atoms with Crippen LogP contribution in [0, 0.1) is 5.92 Å². The fourth-order valence-corrected chi connectivity index (χ4v) is 9.00. The van der Waals surface area contributed by atoms with Crippen LogP contribution in [-0.2, 0) is 6.42 Å². The average Bonchev–Trinajstić information content (AvgIpc) is 3.90. The molecule has 298 valence electrons. The first kappa shape index (κ1) is 36.6. The molecule has 0 fully saturated rings.